The summed E-state index contributed by atoms with van der Waals surface area (Å²) in [6, 6.07) is 0. The molecule has 0 N–H and O–H groups in total. The maximum Gasteiger partial charge on any atom is 2.00 e. The summed E-state index contributed by atoms with van der Waals surface area (Å²) in [4.78, 5) is 9.00. The van der Waals surface area contributed by atoms with Crippen molar-refractivity contribution in [3.8, 4) is 0 Å². The van der Waals surface area contributed by atoms with E-state index in [1.165, 1.54) is 0 Å². The predicted molar refractivity (Wildman–Crippen MR) is 66.0 cm³/mol. The third-order valence-corrected chi connectivity index (χ3v) is 4.44. The molecule has 0 fully saturated rings. The van der Waals surface area contributed by atoms with Crippen LogP contribution >= 0.6 is 0 Å². The molecule has 2 aliphatic rings. The topological polar surface area (TPSA) is 0 Å². The van der Waals surface area contributed by atoms with Crippen LogP contribution in [-0.2, 0) is 0 Å². The van der Waals surface area contributed by atoms with E-state index in [0.29, 0.717) is 0 Å². The molecule has 0 saturated heterocycles. The van der Waals surface area contributed by atoms with Crippen molar-refractivity contribution in [2.75, 3.05) is 0 Å². The molecule has 0 aromatic heterocycles. The van der Waals surface area contributed by atoms with Gasteiger partial charge in [-0.3, -0.25) is 0 Å². The molecule has 60 valence electrons. The van der Waals surface area contributed by atoms with Crippen LogP contribution in [0.25, 0.3) is 0 Å². The van der Waals surface area contributed by atoms with Crippen LogP contribution in [0.3, 0.4) is 0 Å². The second kappa shape index (κ2) is 10.6. The fourth-order valence-electron chi connectivity index (χ4n) is 0.684. The molecule has 13 heavy (non-hydrogen) atoms. The van der Waals surface area contributed by atoms with Crippen molar-refractivity contribution in [3.05, 3.63) is 46.3 Å². The van der Waals surface area contributed by atoms with Crippen molar-refractivity contribution >= 4 is 62.7 Å². The molecule has 0 bridgehead atoms. The van der Waals surface area contributed by atoms with Gasteiger partial charge in [-0.15, -0.1) is 0 Å². The molecule has 2 heterocycles. The van der Waals surface area contributed by atoms with E-state index in [4.69, 9.17) is 0 Å². The molecule has 0 aliphatic carbocycles. The van der Waals surface area contributed by atoms with Crippen LogP contribution in [0.15, 0.2) is 46.3 Å². The Balaban J connectivity index is 0.000000206. The molecule has 2 aliphatic heterocycles. The Bertz CT molecular complexity index is 182. The van der Waals surface area contributed by atoms with Crippen LogP contribution in [0, 0.1) is 0 Å². The van der Waals surface area contributed by atoms with Gasteiger partial charge in [-0.05, 0) is 0 Å². The van der Waals surface area contributed by atoms with Crippen LogP contribution in [-0.4, -0.2) is 62.7 Å². The zero-order valence-corrected chi connectivity index (χ0v) is 13.1. The first-order valence-electron chi connectivity index (χ1n) is 3.82. The summed E-state index contributed by atoms with van der Waals surface area (Å²) < 4.78 is 0. The Labute approximate surface area is 108 Å². The number of hydrogen-bond donors (Lipinski definition) is 0. The van der Waals surface area contributed by atoms with E-state index in [1.807, 2.05) is 0 Å². The smallest absolute Gasteiger partial charge is 2.00 e. The molecule has 0 aromatic carbocycles. The molecule has 0 aromatic rings. The number of allylic oxidation sites excluding steroid dienone is 6. The normalized spacial score (nSPS) is 14.8. The summed E-state index contributed by atoms with van der Waals surface area (Å²) in [6.07, 6.45) is 12.6. The van der Waals surface area contributed by atoms with E-state index in [-0.39, 0.29) is 53.0 Å². The Morgan fingerprint density at radius 3 is 1.08 bits per heavy atom. The van der Waals surface area contributed by atoms with Crippen molar-refractivity contribution in [2.24, 2.45) is 0 Å². The zero-order chi connectivity index (χ0) is 8.49. The van der Waals surface area contributed by atoms with Crippen molar-refractivity contribution in [1.29, 1.82) is 0 Å². The van der Waals surface area contributed by atoms with Gasteiger partial charge in [-0.2, -0.15) is 0 Å². The maximum absolute atomic E-state index is 2.25. The second-order valence-corrected chi connectivity index (χ2v) is 6.35. The fourth-order valence-corrected chi connectivity index (χ4v) is 3.02. The van der Waals surface area contributed by atoms with Crippen LogP contribution in [0.5, 0.6) is 0 Å². The van der Waals surface area contributed by atoms with E-state index in [0.717, 1.165) is 0 Å². The van der Waals surface area contributed by atoms with Gasteiger partial charge in [-0.1, -0.05) is 0 Å². The molecule has 0 nitrogen and oxygen atoms in total. The average Bonchev–Trinajstić information content (AvgIpc) is 2.24. The van der Waals surface area contributed by atoms with E-state index < -0.39 is 0 Å². The molecule has 0 unspecified atom stereocenters. The third-order valence-electron chi connectivity index (χ3n) is 1.21. The van der Waals surface area contributed by atoms with Crippen molar-refractivity contribution in [1.82, 2.24) is 0 Å². The van der Waals surface area contributed by atoms with Gasteiger partial charge in [0.15, 0.2) is 0 Å². The maximum atomic E-state index is 2.25. The quantitative estimate of drug-likeness (QED) is 0.580. The molecule has 0 amide bonds. The van der Waals surface area contributed by atoms with Gasteiger partial charge >= 0.3 is 109 Å². The van der Waals surface area contributed by atoms with Crippen LogP contribution in [0.4, 0.5) is 0 Å². The van der Waals surface area contributed by atoms with Crippen molar-refractivity contribution < 1.29 is 0 Å². The minimum atomic E-state index is 0. The third kappa shape index (κ3) is 8.87. The first kappa shape index (κ1) is 13.6. The minimum absolute atomic E-state index is 0. The Hall–Kier alpha value is 0.552. The van der Waals surface area contributed by atoms with Gasteiger partial charge in [0, 0.05) is 0 Å². The first-order chi connectivity index (χ1) is 6.00. The van der Waals surface area contributed by atoms with Gasteiger partial charge in [0.05, 0.1) is 0 Å². The Morgan fingerprint density at radius 2 is 1.00 bits per heavy atom. The summed E-state index contributed by atoms with van der Waals surface area (Å²) in [5.41, 5.74) is 0. The molecule has 3 heteroatoms. The summed E-state index contributed by atoms with van der Waals surface area (Å²) in [5.74, 6) is 0. The molecule has 0 spiro atoms. The van der Waals surface area contributed by atoms with Crippen molar-refractivity contribution in [3.63, 3.8) is 0 Å². The standard InChI is InChI=1S/2C5H5Ge.Mg/c2*1-2-4-6-5-3-1;/h2*1-5H;/q2*-1;+2. The van der Waals surface area contributed by atoms with E-state index in [2.05, 4.69) is 56.0 Å². The minimum Gasteiger partial charge on any atom is 2.00 e. The SMILES string of the molecule is C1=C[CH]=[Ge-][CH]=C1.C1=C[CH]=[Ge-][CH]=C1.[Mg+2]. The van der Waals surface area contributed by atoms with Gasteiger partial charge in [0.1, 0.15) is 0 Å². The Kier molecular flexibility index (Phi) is 11.1. The summed E-state index contributed by atoms with van der Waals surface area (Å²) in [7, 11) is 0. The number of rotatable bonds is 0. The van der Waals surface area contributed by atoms with Crippen LogP contribution < -0.4 is 0 Å². The largest absolute Gasteiger partial charge is 2.00 e. The second-order valence-electron chi connectivity index (χ2n) is 2.15. The summed E-state index contributed by atoms with van der Waals surface area (Å²) in [5, 5.41) is 0. The van der Waals surface area contributed by atoms with Crippen LogP contribution in [0.2, 0.25) is 0 Å². The average molecular weight is 300 g/mol. The number of hydrogen-bond acceptors (Lipinski definition) is 0. The van der Waals surface area contributed by atoms with Gasteiger partial charge in [-0.25, -0.2) is 0 Å². The Morgan fingerprint density at radius 1 is 0.538 bits per heavy atom. The predicted octanol–water partition coefficient (Wildman–Crippen LogP) is 0.772. The molecular weight excluding hydrogens is 290 g/mol. The molecule has 2 rings (SSSR count). The van der Waals surface area contributed by atoms with Gasteiger partial charge < -0.3 is 0 Å². The molecule has 0 radical (unpaired) electrons. The van der Waals surface area contributed by atoms with Crippen molar-refractivity contribution in [2.45, 2.75) is 0 Å². The van der Waals surface area contributed by atoms with Gasteiger partial charge in [0.2, 0.25) is 0 Å². The zero-order valence-electron chi connectivity index (χ0n) is 7.48. The molecule has 0 saturated carbocycles. The summed E-state index contributed by atoms with van der Waals surface area (Å²) >= 11 is 0.431. The van der Waals surface area contributed by atoms with E-state index >= 15 is 0 Å². The van der Waals surface area contributed by atoms with E-state index in [1.54, 1.807) is 0 Å². The van der Waals surface area contributed by atoms with Gasteiger partial charge in [0.25, 0.3) is 0 Å². The first-order valence-corrected chi connectivity index (χ1v) is 8.67. The monoisotopic (exact) mass is 302 g/mol. The molecular formula is C10H10Ge2Mg. The molecule has 0 atom stereocenters. The summed E-state index contributed by atoms with van der Waals surface area (Å²) in [6.45, 7) is 0. The van der Waals surface area contributed by atoms with E-state index in [9.17, 15) is 0 Å². The fraction of sp³-hybridized carbons (Fsp3) is 0. The van der Waals surface area contributed by atoms with Crippen LogP contribution in [0.1, 0.15) is 0 Å².